The van der Waals surface area contributed by atoms with Crippen molar-refractivity contribution in [3.05, 3.63) is 83.4 Å². The lowest BCUT2D eigenvalue weighted by molar-refractivity contribution is 0.179. The number of fused-ring (bicyclic) bond motifs is 1. The van der Waals surface area contributed by atoms with Crippen LogP contribution in [0.5, 0.6) is 0 Å². The molecule has 2 unspecified atom stereocenters. The van der Waals surface area contributed by atoms with E-state index < -0.39 is 17.0 Å². The normalized spacial score (nSPS) is 20.5. The SMILES string of the molecule is CCC1(c2cccc(-c3cnn(CCO)c3)n2)c2nnc(-c3c(F)cccc3F)cc2C(C)C1(C)C. The first-order valence-electron chi connectivity index (χ1n) is 12.2. The van der Waals surface area contributed by atoms with Crippen molar-refractivity contribution in [2.45, 2.75) is 52.0 Å². The van der Waals surface area contributed by atoms with Crippen LogP contribution in [0.4, 0.5) is 8.78 Å². The van der Waals surface area contributed by atoms with Crippen molar-refractivity contribution in [2.75, 3.05) is 6.61 Å². The van der Waals surface area contributed by atoms with Gasteiger partial charge in [0.25, 0.3) is 0 Å². The molecule has 2 atom stereocenters. The van der Waals surface area contributed by atoms with Crippen LogP contribution in [0, 0.1) is 17.0 Å². The highest BCUT2D eigenvalue weighted by atomic mass is 19.1. The van der Waals surface area contributed by atoms with Crippen LogP contribution in [-0.4, -0.2) is 36.7 Å². The fraction of sp³-hybridized carbons (Fsp3) is 0.357. The van der Waals surface area contributed by atoms with Gasteiger partial charge >= 0.3 is 0 Å². The fourth-order valence-corrected chi connectivity index (χ4v) is 5.81. The summed E-state index contributed by atoms with van der Waals surface area (Å²) in [6, 6.07) is 11.5. The summed E-state index contributed by atoms with van der Waals surface area (Å²) in [5, 5.41) is 22.5. The van der Waals surface area contributed by atoms with Gasteiger partial charge in [0.2, 0.25) is 0 Å². The quantitative estimate of drug-likeness (QED) is 0.386. The van der Waals surface area contributed by atoms with Crippen LogP contribution < -0.4 is 0 Å². The molecule has 6 nitrogen and oxygen atoms in total. The summed E-state index contributed by atoms with van der Waals surface area (Å²) >= 11 is 0. The topological polar surface area (TPSA) is 76.7 Å². The second-order valence-electron chi connectivity index (χ2n) is 9.96. The van der Waals surface area contributed by atoms with Crippen LogP contribution in [-0.2, 0) is 12.0 Å². The van der Waals surface area contributed by atoms with Gasteiger partial charge in [0.1, 0.15) is 11.6 Å². The predicted molar refractivity (Wildman–Crippen MR) is 133 cm³/mol. The fourth-order valence-electron chi connectivity index (χ4n) is 5.81. The minimum absolute atomic E-state index is 0.00777. The van der Waals surface area contributed by atoms with Gasteiger partial charge in [0.05, 0.1) is 53.1 Å². The van der Waals surface area contributed by atoms with Gasteiger partial charge in [-0.05, 0) is 53.6 Å². The second kappa shape index (κ2) is 8.85. The molecule has 3 aromatic heterocycles. The number of nitrogens with zero attached hydrogens (tertiary/aromatic N) is 5. The lowest BCUT2D eigenvalue weighted by atomic mass is 9.60. The van der Waals surface area contributed by atoms with E-state index in [9.17, 15) is 13.9 Å². The molecule has 36 heavy (non-hydrogen) atoms. The van der Waals surface area contributed by atoms with Crippen LogP contribution in [0.25, 0.3) is 22.5 Å². The van der Waals surface area contributed by atoms with E-state index in [0.29, 0.717) is 6.54 Å². The summed E-state index contributed by atoms with van der Waals surface area (Å²) in [4.78, 5) is 5.08. The third-order valence-electron chi connectivity index (χ3n) is 8.07. The Kier molecular flexibility index (Phi) is 5.95. The zero-order valence-electron chi connectivity index (χ0n) is 20.8. The first-order chi connectivity index (χ1) is 17.2. The van der Waals surface area contributed by atoms with Crippen molar-refractivity contribution >= 4 is 0 Å². The molecule has 0 saturated carbocycles. The van der Waals surface area contributed by atoms with Crippen LogP contribution >= 0.6 is 0 Å². The molecule has 1 aliphatic rings. The number of hydrogen-bond acceptors (Lipinski definition) is 5. The monoisotopic (exact) mass is 489 g/mol. The molecule has 1 aliphatic carbocycles. The molecule has 0 fully saturated rings. The Labute approximate surface area is 209 Å². The van der Waals surface area contributed by atoms with Crippen molar-refractivity contribution in [3.63, 3.8) is 0 Å². The van der Waals surface area contributed by atoms with E-state index in [1.54, 1.807) is 16.9 Å². The molecule has 1 aromatic carbocycles. The summed E-state index contributed by atoms with van der Waals surface area (Å²) in [5.74, 6) is -1.28. The Hall–Kier alpha value is -3.52. The average Bonchev–Trinajstić information content (AvgIpc) is 3.39. The molecule has 4 aromatic rings. The summed E-state index contributed by atoms with van der Waals surface area (Å²) in [5.41, 5.74) is 3.39. The van der Waals surface area contributed by atoms with Crippen molar-refractivity contribution in [3.8, 4) is 22.5 Å². The van der Waals surface area contributed by atoms with E-state index in [4.69, 9.17) is 4.98 Å². The number of aromatic nitrogens is 5. The Morgan fingerprint density at radius 1 is 1.03 bits per heavy atom. The number of aliphatic hydroxyl groups is 1. The maximum absolute atomic E-state index is 14.5. The lowest BCUT2D eigenvalue weighted by Crippen LogP contribution is -2.41. The lowest BCUT2D eigenvalue weighted by Gasteiger charge is -2.42. The maximum atomic E-state index is 14.5. The summed E-state index contributed by atoms with van der Waals surface area (Å²) in [7, 11) is 0. The van der Waals surface area contributed by atoms with Crippen molar-refractivity contribution in [1.82, 2.24) is 25.0 Å². The first kappa shape index (κ1) is 24.2. The molecular weight excluding hydrogens is 460 g/mol. The van der Waals surface area contributed by atoms with Crippen molar-refractivity contribution < 1.29 is 13.9 Å². The molecule has 0 amide bonds. The zero-order chi connectivity index (χ0) is 25.7. The molecule has 0 aliphatic heterocycles. The van der Waals surface area contributed by atoms with Crippen molar-refractivity contribution in [2.24, 2.45) is 5.41 Å². The summed E-state index contributed by atoms with van der Waals surface area (Å²) < 4.78 is 30.8. The standard InChI is InChI=1S/C28H29F2N5O/c1-5-28(24-11-7-10-22(32-24)18-15-31-35(16-18)12-13-36)26-19(17(2)27(28,3)4)14-23(33-34-26)25-20(29)8-6-9-21(25)30/h6-11,14-17,36H,5,12-13H2,1-4H3. The number of hydrogen-bond donors (Lipinski definition) is 1. The number of pyridine rings is 1. The van der Waals surface area contributed by atoms with Gasteiger partial charge in [-0.3, -0.25) is 9.67 Å². The van der Waals surface area contributed by atoms with Crippen molar-refractivity contribution in [1.29, 1.82) is 0 Å². The molecule has 0 bridgehead atoms. The molecule has 186 valence electrons. The molecule has 0 saturated heterocycles. The zero-order valence-corrected chi connectivity index (χ0v) is 20.8. The number of aliphatic hydroxyl groups excluding tert-OH is 1. The number of halogens is 2. The molecule has 3 heterocycles. The summed E-state index contributed by atoms with van der Waals surface area (Å²) in [6.45, 7) is 9.05. The van der Waals surface area contributed by atoms with E-state index >= 15 is 0 Å². The minimum Gasteiger partial charge on any atom is -0.394 e. The minimum atomic E-state index is -0.660. The molecule has 0 spiro atoms. The van der Waals surface area contributed by atoms with Crippen LogP contribution in [0.2, 0.25) is 0 Å². The smallest absolute Gasteiger partial charge is 0.135 e. The van der Waals surface area contributed by atoms with E-state index in [2.05, 4.69) is 43.0 Å². The van der Waals surface area contributed by atoms with Crippen LogP contribution in [0.1, 0.15) is 57.0 Å². The Balaban J connectivity index is 1.66. The molecule has 5 rings (SSSR count). The molecular formula is C28H29F2N5O. The van der Waals surface area contributed by atoms with Gasteiger partial charge in [0.15, 0.2) is 0 Å². The largest absolute Gasteiger partial charge is 0.394 e. The van der Waals surface area contributed by atoms with E-state index in [1.807, 2.05) is 24.4 Å². The van der Waals surface area contributed by atoms with E-state index in [0.717, 1.165) is 34.6 Å². The van der Waals surface area contributed by atoms with Crippen LogP contribution in [0.3, 0.4) is 0 Å². The number of benzene rings is 1. The van der Waals surface area contributed by atoms with Gasteiger partial charge in [-0.1, -0.05) is 39.8 Å². The Bertz CT molecular complexity index is 1410. The summed E-state index contributed by atoms with van der Waals surface area (Å²) in [6.07, 6.45) is 4.33. The first-order valence-corrected chi connectivity index (χ1v) is 12.2. The molecule has 8 heteroatoms. The Morgan fingerprint density at radius 3 is 2.44 bits per heavy atom. The molecule has 1 N–H and O–H groups in total. The second-order valence-corrected chi connectivity index (χ2v) is 9.96. The van der Waals surface area contributed by atoms with Crippen LogP contribution in [0.15, 0.2) is 54.9 Å². The van der Waals surface area contributed by atoms with Gasteiger partial charge in [0, 0.05) is 11.8 Å². The molecule has 0 radical (unpaired) electrons. The van der Waals surface area contributed by atoms with Gasteiger partial charge < -0.3 is 5.11 Å². The van der Waals surface area contributed by atoms with Gasteiger partial charge in [-0.15, -0.1) is 5.10 Å². The number of rotatable bonds is 6. The third-order valence-corrected chi connectivity index (χ3v) is 8.07. The highest BCUT2D eigenvalue weighted by Gasteiger charge is 2.58. The maximum Gasteiger partial charge on any atom is 0.135 e. The van der Waals surface area contributed by atoms with Gasteiger partial charge in [-0.2, -0.15) is 10.2 Å². The average molecular weight is 490 g/mol. The third kappa shape index (κ3) is 3.46. The highest BCUT2D eigenvalue weighted by Crippen LogP contribution is 2.62. The van der Waals surface area contributed by atoms with E-state index in [1.165, 1.54) is 18.2 Å². The van der Waals surface area contributed by atoms with Gasteiger partial charge in [-0.25, -0.2) is 8.78 Å². The highest BCUT2D eigenvalue weighted by molar-refractivity contribution is 5.64. The Morgan fingerprint density at radius 2 is 1.75 bits per heavy atom. The predicted octanol–water partition coefficient (Wildman–Crippen LogP) is 5.51. The van der Waals surface area contributed by atoms with E-state index in [-0.39, 0.29) is 29.2 Å².